The number of nitrogens with one attached hydrogen (secondary N) is 2. The highest BCUT2D eigenvalue weighted by molar-refractivity contribution is 6.39. The number of fused-ring (bicyclic) bond motifs is 1. The van der Waals surface area contributed by atoms with Gasteiger partial charge in [-0.05, 0) is 43.0 Å². The first-order valence-corrected chi connectivity index (χ1v) is 9.03. The summed E-state index contributed by atoms with van der Waals surface area (Å²) in [5, 5.41) is 5.31. The van der Waals surface area contributed by atoms with Gasteiger partial charge in [0, 0.05) is 24.8 Å². The largest absolute Gasteiger partial charge is 0.341 e. The molecule has 0 aliphatic carbocycles. The third kappa shape index (κ3) is 4.34. The number of anilines is 2. The molecule has 0 saturated carbocycles. The molecule has 2 N–H and O–H groups in total. The van der Waals surface area contributed by atoms with E-state index in [0.29, 0.717) is 12.2 Å². The lowest BCUT2D eigenvalue weighted by Crippen LogP contribution is -2.37. The summed E-state index contributed by atoms with van der Waals surface area (Å²) in [5.41, 5.74) is 3.28. The van der Waals surface area contributed by atoms with Gasteiger partial charge in [-0.2, -0.15) is 0 Å². The van der Waals surface area contributed by atoms with Crippen molar-refractivity contribution in [2.24, 2.45) is 0 Å². The topological polar surface area (TPSA) is 78.5 Å². The van der Waals surface area contributed by atoms with Gasteiger partial charge in [-0.1, -0.05) is 36.4 Å². The van der Waals surface area contributed by atoms with Crippen LogP contribution in [0.1, 0.15) is 37.4 Å². The number of carbonyl (C=O) groups is 3. The Bertz CT molecular complexity index is 864. The molecule has 0 radical (unpaired) electrons. The second-order valence-corrected chi connectivity index (χ2v) is 6.68. The molecular weight excluding hydrogens is 342 g/mol. The summed E-state index contributed by atoms with van der Waals surface area (Å²) in [6.45, 7) is 4.01. The zero-order chi connectivity index (χ0) is 19.4. The second-order valence-electron chi connectivity index (χ2n) is 6.68. The molecule has 6 heteroatoms. The van der Waals surface area contributed by atoms with E-state index in [0.717, 1.165) is 29.7 Å². The highest BCUT2D eigenvalue weighted by atomic mass is 16.2. The minimum absolute atomic E-state index is 0.0335. The van der Waals surface area contributed by atoms with E-state index in [1.807, 2.05) is 43.3 Å². The SMILES string of the molecule is CC(=O)N1CCCc2ccc(NC(=O)C(=O)N[C@H](C)c3ccccc3)cc21. The van der Waals surface area contributed by atoms with Crippen LogP contribution in [0.15, 0.2) is 48.5 Å². The van der Waals surface area contributed by atoms with E-state index in [9.17, 15) is 14.4 Å². The van der Waals surface area contributed by atoms with Gasteiger partial charge in [-0.25, -0.2) is 0 Å². The van der Waals surface area contributed by atoms with Crippen LogP contribution in [0.4, 0.5) is 11.4 Å². The van der Waals surface area contributed by atoms with Crippen LogP contribution < -0.4 is 15.5 Å². The number of benzene rings is 2. The van der Waals surface area contributed by atoms with Crippen LogP contribution in [-0.4, -0.2) is 24.3 Å². The smallest absolute Gasteiger partial charge is 0.313 e. The third-order valence-electron chi connectivity index (χ3n) is 4.70. The van der Waals surface area contributed by atoms with Gasteiger partial charge in [0.05, 0.1) is 6.04 Å². The fraction of sp³-hybridized carbons (Fsp3) is 0.286. The molecule has 6 nitrogen and oxygen atoms in total. The van der Waals surface area contributed by atoms with Gasteiger partial charge < -0.3 is 15.5 Å². The molecule has 3 amide bonds. The molecule has 1 atom stereocenters. The van der Waals surface area contributed by atoms with Gasteiger partial charge in [0.25, 0.3) is 0 Å². The molecule has 140 valence electrons. The molecule has 0 aromatic heterocycles. The average Bonchev–Trinajstić information content (AvgIpc) is 2.67. The van der Waals surface area contributed by atoms with Crippen molar-refractivity contribution in [1.82, 2.24) is 5.32 Å². The predicted molar refractivity (Wildman–Crippen MR) is 104 cm³/mol. The van der Waals surface area contributed by atoms with Gasteiger partial charge in [-0.15, -0.1) is 0 Å². The number of rotatable bonds is 3. The minimum atomic E-state index is -0.733. The lowest BCUT2D eigenvalue weighted by Gasteiger charge is -2.29. The number of hydrogen-bond donors (Lipinski definition) is 2. The molecule has 0 saturated heterocycles. The number of amides is 3. The Balaban J connectivity index is 1.68. The van der Waals surface area contributed by atoms with Crippen LogP contribution >= 0.6 is 0 Å². The van der Waals surface area contributed by atoms with E-state index >= 15 is 0 Å². The van der Waals surface area contributed by atoms with Gasteiger partial charge in [0.2, 0.25) is 5.91 Å². The maximum atomic E-state index is 12.3. The zero-order valence-electron chi connectivity index (χ0n) is 15.5. The van der Waals surface area contributed by atoms with E-state index in [1.165, 1.54) is 6.92 Å². The lowest BCUT2D eigenvalue weighted by molar-refractivity contribution is -0.136. The maximum absolute atomic E-state index is 12.3. The standard InChI is InChI=1S/C21H23N3O3/c1-14(16-7-4-3-5-8-16)22-20(26)21(27)23-18-11-10-17-9-6-12-24(15(2)25)19(17)13-18/h3-5,7-8,10-11,13-14H,6,9,12H2,1-2H3,(H,22,26)(H,23,27)/t14-/m1/s1. The first-order valence-electron chi connectivity index (χ1n) is 9.03. The zero-order valence-corrected chi connectivity index (χ0v) is 15.5. The number of nitrogens with zero attached hydrogens (tertiary/aromatic N) is 1. The summed E-state index contributed by atoms with van der Waals surface area (Å²) in [6, 6.07) is 14.6. The first-order chi connectivity index (χ1) is 13.0. The van der Waals surface area contributed by atoms with Crippen molar-refractivity contribution in [1.29, 1.82) is 0 Å². The van der Waals surface area contributed by atoms with Crippen molar-refractivity contribution >= 4 is 29.1 Å². The Morgan fingerprint density at radius 3 is 2.48 bits per heavy atom. The number of carbonyl (C=O) groups excluding carboxylic acids is 3. The van der Waals surface area contributed by atoms with E-state index in [1.54, 1.807) is 17.0 Å². The van der Waals surface area contributed by atoms with Gasteiger partial charge in [0.15, 0.2) is 0 Å². The summed E-state index contributed by atoms with van der Waals surface area (Å²) in [5.74, 6) is -1.47. The van der Waals surface area contributed by atoms with Crippen LogP contribution in [0.3, 0.4) is 0 Å². The second kappa shape index (κ2) is 8.03. The average molecular weight is 365 g/mol. The third-order valence-corrected chi connectivity index (χ3v) is 4.70. The summed E-state index contributed by atoms with van der Waals surface area (Å²) >= 11 is 0. The predicted octanol–water partition coefficient (Wildman–Crippen LogP) is 2.80. The fourth-order valence-corrected chi connectivity index (χ4v) is 3.25. The molecule has 27 heavy (non-hydrogen) atoms. The van der Waals surface area contributed by atoms with Crippen molar-refractivity contribution in [3.8, 4) is 0 Å². The molecule has 1 aliphatic heterocycles. The molecular formula is C21H23N3O3. The molecule has 2 aromatic rings. The van der Waals surface area contributed by atoms with Gasteiger partial charge in [-0.3, -0.25) is 14.4 Å². The summed E-state index contributed by atoms with van der Waals surface area (Å²) in [4.78, 5) is 38.0. The van der Waals surface area contributed by atoms with Crippen molar-refractivity contribution in [3.05, 3.63) is 59.7 Å². The summed E-state index contributed by atoms with van der Waals surface area (Å²) in [7, 11) is 0. The number of hydrogen-bond acceptors (Lipinski definition) is 3. The van der Waals surface area contributed by atoms with E-state index in [2.05, 4.69) is 10.6 Å². The maximum Gasteiger partial charge on any atom is 0.313 e. The van der Waals surface area contributed by atoms with Gasteiger partial charge >= 0.3 is 11.8 Å². The lowest BCUT2D eigenvalue weighted by atomic mass is 10.0. The van der Waals surface area contributed by atoms with Crippen LogP contribution in [0.5, 0.6) is 0 Å². The monoisotopic (exact) mass is 365 g/mol. The highest BCUT2D eigenvalue weighted by Crippen LogP contribution is 2.30. The van der Waals surface area contributed by atoms with E-state index in [-0.39, 0.29) is 11.9 Å². The van der Waals surface area contributed by atoms with Crippen LogP contribution in [0, 0.1) is 0 Å². The molecule has 1 aliphatic rings. The summed E-state index contributed by atoms with van der Waals surface area (Å²) in [6.07, 6.45) is 1.81. The van der Waals surface area contributed by atoms with E-state index in [4.69, 9.17) is 0 Å². The molecule has 0 unspecified atom stereocenters. The Morgan fingerprint density at radius 2 is 1.78 bits per heavy atom. The highest BCUT2D eigenvalue weighted by Gasteiger charge is 2.22. The normalized spacial score (nSPS) is 14.1. The van der Waals surface area contributed by atoms with Crippen LogP contribution in [-0.2, 0) is 20.8 Å². The van der Waals surface area contributed by atoms with Crippen molar-refractivity contribution in [3.63, 3.8) is 0 Å². The summed E-state index contributed by atoms with van der Waals surface area (Å²) < 4.78 is 0. The Morgan fingerprint density at radius 1 is 1.04 bits per heavy atom. The van der Waals surface area contributed by atoms with E-state index < -0.39 is 11.8 Å². The molecule has 0 bridgehead atoms. The Hall–Kier alpha value is -3.15. The van der Waals surface area contributed by atoms with Crippen LogP contribution in [0.2, 0.25) is 0 Å². The Kier molecular flexibility index (Phi) is 5.54. The first kappa shape index (κ1) is 18.6. The minimum Gasteiger partial charge on any atom is -0.341 e. The quantitative estimate of drug-likeness (QED) is 0.821. The van der Waals surface area contributed by atoms with Crippen molar-refractivity contribution in [2.45, 2.75) is 32.7 Å². The number of aryl methyl sites for hydroxylation is 1. The Labute approximate surface area is 158 Å². The van der Waals surface area contributed by atoms with Crippen molar-refractivity contribution in [2.75, 3.05) is 16.8 Å². The molecule has 2 aromatic carbocycles. The molecule has 1 heterocycles. The van der Waals surface area contributed by atoms with Crippen molar-refractivity contribution < 1.29 is 14.4 Å². The molecule has 0 spiro atoms. The molecule has 0 fully saturated rings. The van der Waals surface area contributed by atoms with Crippen LogP contribution in [0.25, 0.3) is 0 Å². The fourth-order valence-electron chi connectivity index (χ4n) is 3.25. The molecule has 3 rings (SSSR count). The van der Waals surface area contributed by atoms with Gasteiger partial charge in [0.1, 0.15) is 0 Å².